The second-order valence-electron chi connectivity index (χ2n) is 6.13. The number of hydrazine groups is 1. The lowest BCUT2D eigenvalue weighted by Gasteiger charge is -2.38. The van der Waals surface area contributed by atoms with E-state index in [1.165, 1.54) is 0 Å². The van der Waals surface area contributed by atoms with E-state index in [1.54, 1.807) is 5.01 Å². The Morgan fingerprint density at radius 3 is 2.79 bits per heavy atom. The third kappa shape index (κ3) is 3.25. The van der Waals surface area contributed by atoms with Crippen LogP contribution in [0.5, 0.6) is 0 Å². The van der Waals surface area contributed by atoms with E-state index in [0.29, 0.717) is 6.42 Å². The molecule has 2 amide bonds. The maximum atomic E-state index is 12.4. The van der Waals surface area contributed by atoms with E-state index in [-0.39, 0.29) is 22.6 Å². The number of rotatable bonds is 4. The van der Waals surface area contributed by atoms with Crippen molar-refractivity contribution in [3.8, 4) is 0 Å². The molecule has 0 unspecified atom stereocenters. The van der Waals surface area contributed by atoms with Crippen molar-refractivity contribution in [1.29, 1.82) is 0 Å². The van der Waals surface area contributed by atoms with Crippen LogP contribution in [0.4, 0.5) is 0 Å². The fourth-order valence-corrected chi connectivity index (χ4v) is 4.14. The van der Waals surface area contributed by atoms with Crippen molar-refractivity contribution >= 4 is 23.6 Å². The molecule has 2 rings (SSSR count). The average molecular weight is 284 g/mol. The molecule has 0 aromatic heterocycles. The Morgan fingerprint density at radius 1 is 1.42 bits per heavy atom. The van der Waals surface area contributed by atoms with E-state index in [9.17, 15) is 9.59 Å². The van der Waals surface area contributed by atoms with Crippen LogP contribution in [0.25, 0.3) is 0 Å². The summed E-state index contributed by atoms with van der Waals surface area (Å²) < 4.78 is 0.190. The number of unbranched alkanes of at least 4 members (excludes halogenated alkanes) is 1. The molecule has 2 aliphatic heterocycles. The van der Waals surface area contributed by atoms with Crippen LogP contribution >= 0.6 is 11.8 Å². The van der Waals surface area contributed by atoms with E-state index in [0.717, 1.165) is 31.4 Å². The Morgan fingerprint density at radius 2 is 2.16 bits per heavy atom. The Kier molecular flexibility index (Phi) is 4.43. The topological polar surface area (TPSA) is 49.4 Å². The molecule has 0 spiro atoms. The lowest BCUT2D eigenvalue weighted by Crippen LogP contribution is -2.48. The van der Waals surface area contributed by atoms with Crippen LogP contribution in [0.15, 0.2) is 0 Å². The molecule has 0 radical (unpaired) electrons. The fourth-order valence-electron chi connectivity index (χ4n) is 2.89. The molecule has 2 heterocycles. The van der Waals surface area contributed by atoms with Crippen molar-refractivity contribution in [3.63, 3.8) is 0 Å². The van der Waals surface area contributed by atoms with Crippen LogP contribution in [0, 0.1) is 5.92 Å². The van der Waals surface area contributed by atoms with Gasteiger partial charge in [-0.1, -0.05) is 33.6 Å². The fraction of sp³-hybridized carbons (Fsp3) is 0.857. The summed E-state index contributed by atoms with van der Waals surface area (Å²) in [5.41, 5.74) is 2.81. The second-order valence-corrected chi connectivity index (χ2v) is 7.94. The highest BCUT2D eigenvalue weighted by Gasteiger charge is 2.44. The molecule has 4 nitrogen and oxygen atoms in total. The maximum absolute atomic E-state index is 12.4. The van der Waals surface area contributed by atoms with Crippen molar-refractivity contribution in [1.82, 2.24) is 10.4 Å². The molecule has 2 saturated heterocycles. The molecule has 0 saturated carbocycles. The number of hydrogen-bond acceptors (Lipinski definition) is 3. The summed E-state index contributed by atoms with van der Waals surface area (Å²) in [6.45, 7) is 6.50. The van der Waals surface area contributed by atoms with Crippen LogP contribution in [0.2, 0.25) is 0 Å². The van der Waals surface area contributed by atoms with Crippen molar-refractivity contribution in [3.05, 3.63) is 0 Å². The first-order valence-corrected chi connectivity index (χ1v) is 8.20. The smallest absolute Gasteiger partial charge is 0.253 e. The Labute approximate surface area is 119 Å². The third-order valence-corrected chi connectivity index (χ3v) is 5.35. The van der Waals surface area contributed by atoms with E-state index < -0.39 is 5.92 Å². The molecule has 2 aliphatic rings. The summed E-state index contributed by atoms with van der Waals surface area (Å²) >= 11 is 1.95. The highest BCUT2D eigenvalue weighted by Crippen LogP contribution is 2.38. The number of carbonyl (C=O) groups excluding carboxylic acids is 2. The van der Waals surface area contributed by atoms with Gasteiger partial charge in [0.05, 0.1) is 6.04 Å². The number of nitrogens with zero attached hydrogens (tertiary/aromatic N) is 1. The molecular weight excluding hydrogens is 260 g/mol. The quantitative estimate of drug-likeness (QED) is 0.806. The predicted molar refractivity (Wildman–Crippen MR) is 77.6 cm³/mol. The largest absolute Gasteiger partial charge is 0.272 e. The number of carbonyl (C=O) groups is 2. The number of thioether (sulfide) groups is 1. The van der Waals surface area contributed by atoms with Gasteiger partial charge in [-0.25, -0.2) is 0 Å². The lowest BCUT2D eigenvalue weighted by atomic mass is 9.97. The SMILES string of the molecule is CCCC[C@@H]1C(=O)NN([C@H]2CCSC(C)(C)C2)C1=O. The summed E-state index contributed by atoms with van der Waals surface area (Å²) in [4.78, 5) is 24.3. The third-order valence-electron chi connectivity index (χ3n) is 3.97. The molecule has 0 aromatic rings. The van der Waals surface area contributed by atoms with E-state index in [1.807, 2.05) is 11.8 Å². The first kappa shape index (κ1) is 14.7. The molecule has 5 heteroatoms. The minimum absolute atomic E-state index is 0.00819. The van der Waals surface area contributed by atoms with Gasteiger partial charge in [-0.05, 0) is 25.0 Å². The van der Waals surface area contributed by atoms with Gasteiger partial charge in [0.1, 0.15) is 5.92 Å². The number of hydrogen-bond donors (Lipinski definition) is 1. The highest BCUT2D eigenvalue weighted by molar-refractivity contribution is 8.00. The van der Waals surface area contributed by atoms with Gasteiger partial charge in [0.15, 0.2) is 0 Å². The zero-order valence-electron chi connectivity index (χ0n) is 12.1. The van der Waals surface area contributed by atoms with Gasteiger partial charge < -0.3 is 0 Å². The minimum Gasteiger partial charge on any atom is -0.272 e. The molecule has 2 fully saturated rings. The van der Waals surface area contributed by atoms with E-state index in [2.05, 4.69) is 26.2 Å². The molecule has 2 atom stereocenters. The van der Waals surface area contributed by atoms with Gasteiger partial charge in [-0.2, -0.15) is 11.8 Å². The van der Waals surface area contributed by atoms with Crippen molar-refractivity contribution in [2.45, 2.75) is 63.7 Å². The summed E-state index contributed by atoms with van der Waals surface area (Å²) in [6.07, 6.45) is 4.56. The highest BCUT2D eigenvalue weighted by atomic mass is 32.2. The van der Waals surface area contributed by atoms with Crippen molar-refractivity contribution in [2.24, 2.45) is 5.92 Å². The molecule has 0 aliphatic carbocycles. The Hall–Kier alpha value is -0.710. The van der Waals surface area contributed by atoms with Gasteiger partial charge in [-0.3, -0.25) is 20.0 Å². The van der Waals surface area contributed by atoms with Gasteiger partial charge in [0, 0.05) is 4.75 Å². The van der Waals surface area contributed by atoms with Gasteiger partial charge in [0.25, 0.3) is 11.8 Å². The molecule has 0 aromatic carbocycles. The summed E-state index contributed by atoms with van der Waals surface area (Å²) in [7, 11) is 0. The van der Waals surface area contributed by atoms with Crippen LogP contribution in [-0.4, -0.2) is 33.4 Å². The maximum Gasteiger partial charge on any atom is 0.253 e. The number of nitrogens with one attached hydrogen (secondary N) is 1. The summed E-state index contributed by atoms with van der Waals surface area (Å²) in [5.74, 6) is 0.495. The first-order chi connectivity index (χ1) is 8.94. The summed E-state index contributed by atoms with van der Waals surface area (Å²) in [6, 6.07) is 0.166. The van der Waals surface area contributed by atoms with E-state index >= 15 is 0 Å². The zero-order chi connectivity index (χ0) is 14.0. The van der Waals surface area contributed by atoms with Gasteiger partial charge >= 0.3 is 0 Å². The van der Waals surface area contributed by atoms with Crippen molar-refractivity contribution in [2.75, 3.05) is 5.75 Å². The zero-order valence-corrected chi connectivity index (χ0v) is 12.9. The Balaban J connectivity index is 2.02. The lowest BCUT2D eigenvalue weighted by molar-refractivity contribution is -0.135. The molecular formula is C14H24N2O2S. The van der Waals surface area contributed by atoms with E-state index in [4.69, 9.17) is 0 Å². The van der Waals surface area contributed by atoms with Crippen molar-refractivity contribution < 1.29 is 9.59 Å². The van der Waals surface area contributed by atoms with Gasteiger partial charge in [0.2, 0.25) is 0 Å². The minimum atomic E-state index is -0.447. The summed E-state index contributed by atoms with van der Waals surface area (Å²) in [5, 5.41) is 1.63. The molecule has 0 bridgehead atoms. The van der Waals surface area contributed by atoms with Crippen LogP contribution in [0.3, 0.4) is 0 Å². The molecule has 1 N–H and O–H groups in total. The number of amides is 2. The average Bonchev–Trinajstić information content (AvgIpc) is 2.61. The van der Waals surface area contributed by atoms with Gasteiger partial charge in [-0.15, -0.1) is 0 Å². The van der Waals surface area contributed by atoms with Crippen LogP contribution in [-0.2, 0) is 9.59 Å². The standard InChI is InChI=1S/C14H24N2O2S/c1-4-5-6-11-12(17)15-16(13(11)18)10-7-8-19-14(2,3)9-10/h10-11H,4-9H2,1-3H3,(H,15,17)/t10-,11+/m0/s1. The normalized spacial score (nSPS) is 30.6. The monoisotopic (exact) mass is 284 g/mol. The first-order valence-electron chi connectivity index (χ1n) is 7.22. The molecule has 108 valence electrons. The van der Waals surface area contributed by atoms with Crippen LogP contribution < -0.4 is 5.43 Å². The Bertz CT molecular complexity index is 370. The molecule has 19 heavy (non-hydrogen) atoms. The predicted octanol–water partition coefficient (Wildman–Crippen LogP) is 2.34. The second kappa shape index (κ2) is 5.73. The van der Waals surface area contributed by atoms with Crippen LogP contribution in [0.1, 0.15) is 52.9 Å².